The highest BCUT2D eigenvalue weighted by molar-refractivity contribution is 5.02. The van der Waals surface area contributed by atoms with E-state index in [1.54, 1.807) is 6.92 Å². The number of ether oxygens (including phenoxy) is 3. The second kappa shape index (κ2) is 7.56. The number of aliphatic hydroxyl groups is 4. The summed E-state index contributed by atoms with van der Waals surface area (Å²) in [6.45, 7) is 1.17. The summed E-state index contributed by atoms with van der Waals surface area (Å²) in [5, 5.41) is 39.0. The second-order valence-electron chi connectivity index (χ2n) is 6.49. The van der Waals surface area contributed by atoms with E-state index >= 15 is 0 Å². The van der Waals surface area contributed by atoms with Gasteiger partial charge in [-0.25, -0.2) is 4.79 Å². The van der Waals surface area contributed by atoms with Crippen molar-refractivity contribution in [3.05, 3.63) is 32.6 Å². The zero-order valence-electron chi connectivity index (χ0n) is 14.0. The van der Waals surface area contributed by atoms with E-state index in [4.69, 9.17) is 14.2 Å². The first-order valence-corrected chi connectivity index (χ1v) is 8.21. The maximum atomic E-state index is 11.9. The number of H-pyrrole nitrogens is 1. The van der Waals surface area contributed by atoms with Gasteiger partial charge >= 0.3 is 5.69 Å². The Labute approximate surface area is 147 Å². The van der Waals surface area contributed by atoms with Crippen LogP contribution >= 0.6 is 0 Å². The standard InChI is InChI=1S/C15H22N2O9/c1-6-3-17(15(23)16-13(6)22)10-2-7(18)9(26-10)5-25-14-12(21)11(20)8(19)4-24-14/h3,7-12,14,18-21H,2,4-5H2,1H3,(H,16,22,23)/t7-,8+,9+,10+,11+,12+,14?/m0/s1. The molecule has 0 aliphatic carbocycles. The molecule has 11 heteroatoms. The van der Waals surface area contributed by atoms with Crippen molar-refractivity contribution in [2.45, 2.75) is 56.4 Å². The molecular weight excluding hydrogens is 352 g/mol. The number of aromatic nitrogens is 2. The van der Waals surface area contributed by atoms with E-state index in [1.165, 1.54) is 10.8 Å². The van der Waals surface area contributed by atoms with Gasteiger partial charge in [0.05, 0.1) is 19.3 Å². The van der Waals surface area contributed by atoms with Gasteiger partial charge in [0.2, 0.25) is 0 Å². The normalized spacial score (nSPS) is 37.8. The van der Waals surface area contributed by atoms with Crippen molar-refractivity contribution in [1.29, 1.82) is 0 Å². The van der Waals surface area contributed by atoms with Gasteiger partial charge in [-0.3, -0.25) is 14.3 Å². The first kappa shape index (κ1) is 19.2. The summed E-state index contributed by atoms with van der Waals surface area (Å²) in [5.41, 5.74) is -0.815. The number of rotatable bonds is 4. The summed E-state index contributed by atoms with van der Waals surface area (Å²) in [6, 6.07) is 0. The van der Waals surface area contributed by atoms with Crippen LogP contribution in [0.2, 0.25) is 0 Å². The fourth-order valence-corrected chi connectivity index (χ4v) is 2.95. The molecule has 0 amide bonds. The molecule has 1 aromatic rings. The molecule has 5 N–H and O–H groups in total. The second-order valence-corrected chi connectivity index (χ2v) is 6.49. The highest BCUT2D eigenvalue weighted by Gasteiger charge is 2.41. The summed E-state index contributed by atoms with van der Waals surface area (Å²) in [7, 11) is 0. The monoisotopic (exact) mass is 374 g/mol. The number of nitrogens with zero attached hydrogens (tertiary/aromatic N) is 1. The third-order valence-corrected chi connectivity index (χ3v) is 4.54. The van der Waals surface area contributed by atoms with Gasteiger partial charge in [-0.15, -0.1) is 0 Å². The molecule has 0 saturated carbocycles. The number of hydrogen-bond acceptors (Lipinski definition) is 9. The molecule has 2 saturated heterocycles. The van der Waals surface area contributed by atoms with Crippen LogP contribution in [0.5, 0.6) is 0 Å². The zero-order valence-corrected chi connectivity index (χ0v) is 14.0. The average molecular weight is 374 g/mol. The summed E-state index contributed by atoms with van der Waals surface area (Å²) >= 11 is 0. The summed E-state index contributed by atoms with van der Waals surface area (Å²) in [6.07, 6.45) is -6.32. The Morgan fingerprint density at radius 3 is 2.69 bits per heavy atom. The molecule has 1 aromatic heterocycles. The minimum absolute atomic E-state index is 0.106. The molecule has 7 atom stereocenters. The maximum Gasteiger partial charge on any atom is 0.330 e. The van der Waals surface area contributed by atoms with Gasteiger partial charge in [0.15, 0.2) is 6.29 Å². The lowest BCUT2D eigenvalue weighted by molar-refractivity contribution is -0.277. The Hall–Kier alpha value is -1.60. The zero-order chi connectivity index (χ0) is 19.0. The average Bonchev–Trinajstić information content (AvgIpc) is 2.96. The molecular formula is C15H22N2O9. The highest BCUT2D eigenvalue weighted by atomic mass is 16.7. The molecule has 1 unspecified atom stereocenters. The quantitative estimate of drug-likeness (QED) is 0.368. The van der Waals surface area contributed by atoms with Gasteiger partial charge in [-0.2, -0.15) is 0 Å². The lowest BCUT2D eigenvalue weighted by atomic mass is 10.1. The number of aromatic amines is 1. The molecule has 3 rings (SSSR count). The van der Waals surface area contributed by atoms with E-state index in [1.807, 2.05) is 0 Å². The predicted molar refractivity (Wildman–Crippen MR) is 84.3 cm³/mol. The summed E-state index contributed by atoms with van der Waals surface area (Å²) in [5.74, 6) is 0. The molecule has 2 aliphatic rings. The number of aryl methyl sites for hydroxylation is 1. The van der Waals surface area contributed by atoms with Gasteiger partial charge in [-0.05, 0) is 6.92 Å². The van der Waals surface area contributed by atoms with Crippen LogP contribution < -0.4 is 11.2 Å². The molecule has 0 radical (unpaired) electrons. The van der Waals surface area contributed by atoms with Crippen molar-refractivity contribution in [3.8, 4) is 0 Å². The third kappa shape index (κ3) is 3.74. The molecule has 0 spiro atoms. The minimum atomic E-state index is -1.45. The smallest absolute Gasteiger partial charge is 0.330 e. The Balaban J connectivity index is 1.62. The van der Waals surface area contributed by atoms with Crippen LogP contribution in [0.1, 0.15) is 18.2 Å². The van der Waals surface area contributed by atoms with E-state index in [2.05, 4.69) is 4.98 Å². The lowest BCUT2D eigenvalue weighted by Crippen LogP contribution is -2.54. The Kier molecular flexibility index (Phi) is 5.58. The fourth-order valence-electron chi connectivity index (χ4n) is 2.95. The number of aliphatic hydroxyl groups excluding tert-OH is 4. The topological polar surface area (TPSA) is 163 Å². The summed E-state index contributed by atoms with van der Waals surface area (Å²) in [4.78, 5) is 25.5. The predicted octanol–water partition coefficient (Wildman–Crippen LogP) is -3.05. The van der Waals surface area contributed by atoms with Crippen molar-refractivity contribution in [2.24, 2.45) is 0 Å². The molecule has 11 nitrogen and oxygen atoms in total. The lowest BCUT2D eigenvalue weighted by Gasteiger charge is -2.35. The maximum absolute atomic E-state index is 11.9. The van der Waals surface area contributed by atoms with E-state index in [0.717, 1.165) is 0 Å². The van der Waals surface area contributed by atoms with E-state index in [9.17, 15) is 30.0 Å². The Bertz CT molecular complexity index is 747. The van der Waals surface area contributed by atoms with E-state index in [-0.39, 0.29) is 19.6 Å². The number of hydrogen-bond donors (Lipinski definition) is 5. The van der Waals surface area contributed by atoms with Crippen LogP contribution in [0.3, 0.4) is 0 Å². The van der Waals surface area contributed by atoms with Crippen molar-refractivity contribution in [1.82, 2.24) is 9.55 Å². The van der Waals surface area contributed by atoms with Crippen molar-refractivity contribution >= 4 is 0 Å². The molecule has 26 heavy (non-hydrogen) atoms. The van der Waals surface area contributed by atoms with Crippen LogP contribution in [0.15, 0.2) is 15.8 Å². The van der Waals surface area contributed by atoms with Crippen LogP contribution in [-0.2, 0) is 14.2 Å². The third-order valence-electron chi connectivity index (χ3n) is 4.54. The molecule has 146 valence electrons. The Morgan fingerprint density at radius 2 is 1.96 bits per heavy atom. The van der Waals surface area contributed by atoms with Gasteiger partial charge in [0.25, 0.3) is 5.56 Å². The first-order chi connectivity index (χ1) is 12.3. The Morgan fingerprint density at radius 1 is 1.23 bits per heavy atom. The first-order valence-electron chi connectivity index (χ1n) is 8.21. The van der Waals surface area contributed by atoms with Crippen LogP contribution in [0, 0.1) is 6.92 Å². The van der Waals surface area contributed by atoms with E-state index < -0.39 is 54.3 Å². The molecule has 0 aromatic carbocycles. The SMILES string of the molecule is Cc1cn([C@H]2C[C@H](O)[C@@H](COC3OC[C@@H](O)[C@@H](O)[C@H]3O)O2)c(=O)[nH]c1=O. The van der Waals surface area contributed by atoms with Crippen molar-refractivity contribution in [3.63, 3.8) is 0 Å². The van der Waals surface area contributed by atoms with Gasteiger partial charge < -0.3 is 34.6 Å². The van der Waals surface area contributed by atoms with E-state index in [0.29, 0.717) is 5.56 Å². The molecule has 3 heterocycles. The van der Waals surface area contributed by atoms with Gasteiger partial charge in [0.1, 0.15) is 30.6 Å². The van der Waals surface area contributed by atoms with Gasteiger partial charge in [-0.1, -0.05) is 0 Å². The van der Waals surface area contributed by atoms with Crippen molar-refractivity contribution < 1.29 is 34.6 Å². The van der Waals surface area contributed by atoms with Crippen LogP contribution in [0.25, 0.3) is 0 Å². The highest BCUT2D eigenvalue weighted by Crippen LogP contribution is 2.28. The summed E-state index contributed by atoms with van der Waals surface area (Å²) < 4.78 is 17.3. The van der Waals surface area contributed by atoms with Crippen LogP contribution in [0.4, 0.5) is 0 Å². The minimum Gasteiger partial charge on any atom is -0.390 e. The fraction of sp³-hybridized carbons (Fsp3) is 0.733. The van der Waals surface area contributed by atoms with Gasteiger partial charge in [0, 0.05) is 18.2 Å². The molecule has 2 aliphatic heterocycles. The molecule has 2 fully saturated rings. The largest absolute Gasteiger partial charge is 0.390 e. The van der Waals surface area contributed by atoms with Crippen molar-refractivity contribution in [2.75, 3.05) is 13.2 Å². The van der Waals surface area contributed by atoms with Crippen LogP contribution in [-0.4, -0.2) is 80.0 Å². The molecule has 0 bridgehead atoms. The number of nitrogens with one attached hydrogen (secondary N) is 1.